The van der Waals surface area contributed by atoms with Crippen molar-refractivity contribution in [2.45, 2.75) is 27.4 Å². The zero-order valence-corrected chi connectivity index (χ0v) is 19.8. The molecule has 0 spiro atoms. The third-order valence-electron chi connectivity index (χ3n) is 5.30. The van der Waals surface area contributed by atoms with Crippen molar-refractivity contribution in [3.8, 4) is 17.6 Å². The molecule has 1 amide bonds. The second-order valence-electron chi connectivity index (χ2n) is 7.69. The number of aryl methyl sites for hydroxylation is 3. The summed E-state index contributed by atoms with van der Waals surface area (Å²) < 4.78 is 11.4. The molecule has 0 heterocycles. The molecule has 3 rings (SSSR count). The smallest absolute Gasteiger partial charge is 0.266 e. The predicted octanol–water partition coefficient (Wildman–Crippen LogP) is 6.40. The quantitative estimate of drug-likeness (QED) is 0.327. The van der Waals surface area contributed by atoms with Gasteiger partial charge in [0.15, 0.2) is 0 Å². The van der Waals surface area contributed by atoms with Crippen LogP contribution < -0.4 is 14.8 Å². The van der Waals surface area contributed by atoms with E-state index < -0.39 is 5.91 Å². The number of hydrogen-bond donors (Lipinski definition) is 1. The first-order chi connectivity index (χ1) is 15.8. The zero-order valence-electron chi connectivity index (χ0n) is 19.0. The number of amides is 1. The van der Waals surface area contributed by atoms with Crippen molar-refractivity contribution in [3.63, 3.8) is 0 Å². The van der Waals surface area contributed by atoms with Gasteiger partial charge in [-0.15, -0.1) is 0 Å². The van der Waals surface area contributed by atoms with Gasteiger partial charge in [-0.2, -0.15) is 5.26 Å². The third kappa shape index (κ3) is 6.15. The molecule has 0 fully saturated rings. The molecule has 0 aromatic heterocycles. The maximum atomic E-state index is 12.8. The van der Waals surface area contributed by atoms with Crippen molar-refractivity contribution in [2.24, 2.45) is 0 Å². The Balaban J connectivity index is 1.88. The lowest BCUT2D eigenvalue weighted by atomic mass is 10.1. The molecule has 0 saturated heterocycles. The first-order valence-electron chi connectivity index (χ1n) is 10.4. The van der Waals surface area contributed by atoms with Gasteiger partial charge in [-0.1, -0.05) is 35.9 Å². The van der Waals surface area contributed by atoms with Crippen LogP contribution in [0.15, 0.2) is 60.2 Å². The molecule has 0 bridgehead atoms. The Labute approximate surface area is 199 Å². The van der Waals surface area contributed by atoms with Crippen LogP contribution in [0.3, 0.4) is 0 Å². The Morgan fingerprint density at radius 1 is 1.03 bits per heavy atom. The van der Waals surface area contributed by atoms with Crippen LogP contribution in [-0.2, 0) is 11.4 Å². The standard InChI is InChI=1S/C27H25ClN2O3/c1-17-5-7-20(11-19(17)3)16-33-26-14-24(32-4)10-8-21(26)12-22(15-29)27(31)30-25-13-23(28)9-6-18(25)2/h5-14H,16H2,1-4H3,(H,30,31)/b22-12+. The van der Waals surface area contributed by atoms with Crippen LogP contribution in [0, 0.1) is 32.1 Å². The number of anilines is 1. The summed E-state index contributed by atoms with van der Waals surface area (Å²) in [6.07, 6.45) is 1.50. The molecule has 0 saturated carbocycles. The Kier molecular flexibility index (Phi) is 7.76. The summed E-state index contributed by atoms with van der Waals surface area (Å²) in [6, 6.07) is 18.6. The first kappa shape index (κ1) is 23.9. The summed E-state index contributed by atoms with van der Waals surface area (Å²) in [5, 5.41) is 12.9. The van der Waals surface area contributed by atoms with E-state index in [1.54, 1.807) is 43.5 Å². The molecule has 0 atom stereocenters. The van der Waals surface area contributed by atoms with Crippen LogP contribution in [0.5, 0.6) is 11.5 Å². The monoisotopic (exact) mass is 460 g/mol. The van der Waals surface area contributed by atoms with E-state index in [2.05, 4.69) is 31.3 Å². The molecule has 0 unspecified atom stereocenters. The highest BCUT2D eigenvalue weighted by Gasteiger charge is 2.14. The molecular formula is C27H25ClN2O3. The van der Waals surface area contributed by atoms with Crippen molar-refractivity contribution in [3.05, 3.63) is 93.0 Å². The van der Waals surface area contributed by atoms with Gasteiger partial charge in [0.05, 0.1) is 7.11 Å². The number of carbonyl (C=O) groups excluding carboxylic acids is 1. The van der Waals surface area contributed by atoms with E-state index >= 15 is 0 Å². The van der Waals surface area contributed by atoms with E-state index in [0.717, 1.165) is 11.1 Å². The van der Waals surface area contributed by atoms with Crippen molar-refractivity contribution in [1.82, 2.24) is 0 Å². The number of ether oxygens (including phenoxy) is 2. The molecular weight excluding hydrogens is 436 g/mol. The number of carbonyl (C=O) groups is 1. The lowest BCUT2D eigenvalue weighted by Gasteiger charge is -2.13. The molecule has 3 aromatic carbocycles. The molecule has 0 aliphatic heterocycles. The third-order valence-corrected chi connectivity index (χ3v) is 5.53. The molecule has 0 aliphatic carbocycles. The SMILES string of the molecule is COc1ccc(/C=C(\C#N)C(=O)Nc2cc(Cl)ccc2C)c(OCc2ccc(C)c(C)c2)c1. The van der Waals surface area contributed by atoms with Crippen molar-refractivity contribution < 1.29 is 14.3 Å². The topological polar surface area (TPSA) is 71.3 Å². The second-order valence-corrected chi connectivity index (χ2v) is 8.13. The maximum Gasteiger partial charge on any atom is 0.266 e. The Hall–Kier alpha value is -3.75. The summed E-state index contributed by atoms with van der Waals surface area (Å²) in [7, 11) is 1.57. The molecule has 33 heavy (non-hydrogen) atoms. The van der Waals surface area contributed by atoms with Gasteiger partial charge in [0.1, 0.15) is 29.7 Å². The Bertz CT molecular complexity index is 1260. The van der Waals surface area contributed by atoms with Gasteiger partial charge in [0, 0.05) is 22.3 Å². The van der Waals surface area contributed by atoms with Crippen LogP contribution in [0.1, 0.15) is 27.8 Å². The van der Waals surface area contributed by atoms with Crippen molar-refractivity contribution >= 4 is 29.3 Å². The number of hydrogen-bond acceptors (Lipinski definition) is 4. The molecule has 168 valence electrons. The maximum absolute atomic E-state index is 12.8. The number of methoxy groups -OCH3 is 1. The fourth-order valence-corrected chi connectivity index (χ4v) is 3.34. The summed E-state index contributed by atoms with van der Waals surface area (Å²) in [5.74, 6) is 0.589. The van der Waals surface area contributed by atoms with Crippen LogP contribution in [0.4, 0.5) is 5.69 Å². The fraction of sp³-hybridized carbons (Fsp3) is 0.185. The van der Waals surface area contributed by atoms with Crippen LogP contribution >= 0.6 is 11.6 Å². The minimum atomic E-state index is -0.529. The van der Waals surface area contributed by atoms with Crippen molar-refractivity contribution in [1.29, 1.82) is 5.26 Å². The highest BCUT2D eigenvalue weighted by Crippen LogP contribution is 2.28. The van der Waals surface area contributed by atoms with E-state index in [9.17, 15) is 10.1 Å². The molecule has 6 heteroatoms. The van der Waals surface area contributed by atoms with Gasteiger partial charge in [-0.3, -0.25) is 4.79 Å². The average Bonchev–Trinajstić information content (AvgIpc) is 2.80. The summed E-state index contributed by atoms with van der Waals surface area (Å²) in [4.78, 5) is 12.8. The molecule has 0 radical (unpaired) electrons. The zero-order chi connectivity index (χ0) is 24.0. The van der Waals surface area contributed by atoms with Gasteiger partial charge in [0.25, 0.3) is 5.91 Å². The number of nitrogens with zero attached hydrogens (tertiary/aromatic N) is 1. The van der Waals surface area contributed by atoms with E-state index in [4.69, 9.17) is 21.1 Å². The van der Waals surface area contributed by atoms with Crippen molar-refractivity contribution in [2.75, 3.05) is 12.4 Å². The lowest BCUT2D eigenvalue weighted by Crippen LogP contribution is -2.14. The number of halogens is 1. The van der Waals surface area contributed by atoms with Crippen LogP contribution in [0.2, 0.25) is 5.02 Å². The predicted molar refractivity (Wildman–Crippen MR) is 132 cm³/mol. The summed E-state index contributed by atoms with van der Waals surface area (Å²) in [6.45, 7) is 6.30. The van der Waals surface area contributed by atoms with Gasteiger partial charge in [-0.25, -0.2) is 0 Å². The summed E-state index contributed by atoms with van der Waals surface area (Å²) >= 11 is 6.04. The minimum Gasteiger partial charge on any atom is -0.497 e. The van der Waals surface area contributed by atoms with E-state index in [0.29, 0.717) is 34.4 Å². The number of nitriles is 1. The fourth-order valence-electron chi connectivity index (χ4n) is 3.16. The first-order valence-corrected chi connectivity index (χ1v) is 10.7. The number of rotatable bonds is 7. The Morgan fingerprint density at radius 2 is 1.79 bits per heavy atom. The molecule has 3 aromatic rings. The van der Waals surface area contributed by atoms with Gasteiger partial charge in [-0.05, 0) is 73.4 Å². The number of nitrogens with one attached hydrogen (secondary N) is 1. The van der Waals surface area contributed by atoms with Crippen LogP contribution in [-0.4, -0.2) is 13.0 Å². The Morgan fingerprint density at radius 3 is 2.48 bits per heavy atom. The average molecular weight is 461 g/mol. The normalized spacial score (nSPS) is 11.0. The van der Waals surface area contributed by atoms with E-state index in [-0.39, 0.29) is 5.57 Å². The summed E-state index contributed by atoms with van der Waals surface area (Å²) in [5.41, 5.74) is 5.33. The largest absolute Gasteiger partial charge is 0.497 e. The highest BCUT2D eigenvalue weighted by atomic mass is 35.5. The molecule has 1 N–H and O–H groups in total. The van der Waals surface area contributed by atoms with Crippen LogP contribution in [0.25, 0.3) is 6.08 Å². The minimum absolute atomic E-state index is 0.0597. The van der Waals surface area contributed by atoms with Gasteiger partial charge >= 0.3 is 0 Å². The second kappa shape index (κ2) is 10.7. The highest BCUT2D eigenvalue weighted by molar-refractivity contribution is 6.31. The molecule has 5 nitrogen and oxygen atoms in total. The van der Waals surface area contributed by atoms with Gasteiger partial charge in [0.2, 0.25) is 0 Å². The number of benzene rings is 3. The lowest BCUT2D eigenvalue weighted by molar-refractivity contribution is -0.112. The van der Waals surface area contributed by atoms with E-state index in [1.165, 1.54) is 17.2 Å². The van der Waals surface area contributed by atoms with E-state index in [1.807, 2.05) is 19.1 Å². The molecule has 0 aliphatic rings. The van der Waals surface area contributed by atoms with Gasteiger partial charge < -0.3 is 14.8 Å².